The smallest absolute Gasteiger partial charge is 0.125 e. The van der Waals surface area contributed by atoms with Crippen molar-refractivity contribution in [3.05, 3.63) is 41.5 Å². The van der Waals surface area contributed by atoms with Gasteiger partial charge in [-0.1, -0.05) is 25.1 Å². The minimum absolute atomic E-state index is 0.280. The van der Waals surface area contributed by atoms with E-state index in [1.54, 1.807) is 10.7 Å². The minimum atomic E-state index is -0.280. The van der Waals surface area contributed by atoms with E-state index in [0.717, 1.165) is 24.2 Å². The highest BCUT2D eigenvalue weighted by molar-refractivity contribution is 5.35. The first kappa shape index (κ1) is 13.7. The number of benzene rings is 1. The third-order valence-electron chi connectivity index (χ3n) is 3.40. The van der Waals surface area contributed by atoms with Crippen LogP contribution in [0, 0.1) is 5.82 Å². The Hall–Kier alpha value is -1.75. The van der Waals surface area contributed by atoms with Crippen LogP contribution >= 0.6 is 0 Å². The first-order valence-corrected chi connectivity index (χ1v) is 6.61. The van der Waals surface area contributed by atoms with Crippen molar-refractivity contribution in [2.45, 2.75) is 39.2 Å². The van der Waals surface area contributed by atoms with Crippen molar-refractivity contribution in [1.29, 1.82) is 0 Å². The molecule has 0 saturated carbocycles. The molecule has 0 aliphatic heterocycles. The number of hydrogen-bond donors (Lipinski definition) is 1. The van der Waals surface area contributed by atoms with Crippen molar-refractivity contribution in [2.75, 3.05) is 0 Å². The van der Waals surface area contributed by atoms with E-state index in [-0.39, 0.29) is 5.82 Å². The van der Waals surface area contributed by atoms with Crippen LogP contribution in [0.5, 0.6) is 0 Å². The molecule has 0 saturated heterocycles. The van der Waals surface area contributed by atoms with E-state index in [1.165, 1.54) is 12.1 Å². The molecular weight excluding hydrogens is 243 g/mol. The Morgan fingerprint density at radius 1 is 1.32 bits per heavy atom. The lowest BCUT2D eigenvalue weighted by molar-refractivity contribution is 0.587. The molecule has 2 rings (SSSR count). The van der Waals surface area contributed by atoms with Crippen LogP contribution < -0.4 is 5.73 Å². The fraction of sp³-hybridized carbons (Fsp3) is 0.429. The Morgan fingerprint density at radius 3 is 2.63 bits per heavy atom. The summed E-state index contributed by atoms with van der Waals surface area (Å²) in [4.78, 5) is 0. The van der Waals surface area contributed by atoms with Crippen LogP contribution in [0.2, 0.25) is 0 Å². The second kappa shape index (κ2) is 5.93. The zero-order valence-electron chi connectivity index (χ0n) is 11.3. The van der Waals surface area contributed by atoms with Gasteiger partial charge in [0.15, 0.2) is 0 Å². The van der Waals surface area contributed by atoms with Gasteiger partial charge in [0.25, 0.3) is 0 Å². The molecule has 1 aromatic heterocycles. The summed E-state index contributed by atoms with van der Waals surface area (Å²) in [5, 5.41) is 8.26. The molecule has 0 fully saturated rings. The Labute approximate surface area is 112 Å². The summed E-state index contributed by atoms with van der Waals surface area (Å²) in [6.45, 7) is 4.59. The highest BCUT2D eigenvalue weighted by Crippen LogP contribution is 2.27. The maximum atomic E-state index is 13.4. The van der Waals surface area contributed by atoms with Gasteiger partial charge in [0, 0.05) is 12.5 Å². The van der Waals surface area contributed by atoms with Gasteiger partial charge in [0.2, 0.25) is 0 Å². The lowest BCUT2D eigenvalue weighted by Gasteiger charge is -2.15. The molecule has 0 bridgehead atoms. The summed E-state index contributed by atoms with van der Waals surface area (Å²) in [6, 6.07) is 6.37. The Balaban J connectivity index is 2.54. The quantitative estimate of drug-likeness (QED) is 0.901. The molecular formula is C14H19FN4. The molecule has 0 spiro atoms. The van der Waals surface area contributed by atoms with Crippen LogP contribution in [0.1, 0.15) is 44.0 Å². The maximum Gasteiger partial charge on any atom is 0.125 e. The number of nitrogens with two attached hydrogens (primary N) is 1. The fourth-order valence-corrected chi connectivity index (χ4v) is 2.35. The number of halogens is 1. The van der Waals surface area contributed by atoms with Crippen molar-refractivity contribution < 1.29 is 4.39 Å². The maximum absolute atomic E-state index is 13.4. The van der Waals surface area contributed by atoms with Crippen LogP contribution in [0.15, 0.2) is 24.3 Å². The average Bonchev–Trinajstić information content (AvgIpc) is 2.84. The van der Waals surface area contributed by atoms with Crippen LogP contribution in [-0.2, 0) is 6.54 Å². The van der Waals surface area contributed by atoms with Crippen LogP contribution in [0.3, 0.4) is 0 Å². The van der Waals surface area contributed by atoms with Gasteiger partial charge in [-0.15, -0.1) is 5.10 Å². The summed E-state index contributed by atoms with van der Waals surface area (Å²) in [5.41, 5.74) is 8.21. The zero-order valence-corrected chi connectivity index (χ0v) is 11.3. The molecule has 0 atom stereocenters. The van der Waals surface area contributed by atoms with Crippen molar-refractivity contribution in [2.24, 2.45) is 5.73 Å². The normalized spacial score (nSPS) is 11.2. The molecule has 0 aliphatic carbocycles. The molecule has 2 aromatic rings. The summed E-state index contributed by atoms with van der Waals surface area (Å²) < 4.78 is 15.1. The van der Waals surface area contributed by atoms with E-state index in [9.17, 15) is 4.39 Å². The number of rotatable bonds is 5. The van der Waals surface area contributed by atoms with Crippen LogP contribution in [0.25, 0.3) is 5.69 Å². The first-order chi connectivity index (χ1) is 9.21. The first-order valence-electron chi connectivity index (χ1n) is 6.61. The Bertz CT molecular complexity index is 546. The average molecular weight is 262 g/mol. The summed E-state index contributed by atoms with van der Waals surface area (Å²) in [7, 11) is 0. The van der Waals surface area contributed by atoms with Gasteiger partial charge in [0.05, 0.1) is 11.4 Å². The van der Waals surface area contributed by atoms with E-state index in [1.807, 2.05) is 6.07 Å². The second-order valence-electron chi connectivity index (χ2n) is 4.53. The van der Waals surface area contributed by atoms with E-state index in [4.69, 9.17) is 5.73 Å². The van der Waals surface area contributed by atoms with Crippen molar-refractivity contribution in [1.82, 2.24) is 15.0 Å². The monoisotopic (exact) mass is 262 g/mol. The predicted octanol–water partition coefficient (Wildman–Crippen LogP) is 2.77. The number of nitrogens with zero attached hydrogens (tertiary/aromatic N) is 3. The predicted molar refractivity (Wildman–Crippen MR) is 72.5 cm³/mol. The molecule has 1 heterocycles. The topological polar surface area (TPSA) is 56.7 Å². The number of aromatic nitrogens is 3. The largest absolute Gasteiger partial charge is 0.325 e. The molecule has 4 nitrogen and oxygen atoms in total. The third-order valence-corrected chi connectivity index (χ3v) is 3.40. The molecule has 5 heteroatoms. The van der Waals surface area contributed by atoms with Gasteiger partial charge in [-0.25, -0.2) is 9.07 Å². The Morgan fingerprint density at radius 2 is 2.05 bits per heavy atom. The third kappa shape index (κ3) is 2.66. The zero-order chi connectivity index (χ0) is 13.8. The SMILES string of the molecule is CCC(CC)c1c(CN)nnn1-c1cccc(F)c1. The van der Waals surface area contributed by atoms with Gasteiger partial charge in [-0.2, -0.15) is 0 Å². The molecule has 102 valence electrons. The summed E-state index contributed by atoms with van der Waals surface area (Å²) >= 11 is 0. The lowest BCUT2D eigenvalue weighted by Crippen LogP contribution is -2.10. The highest BCUT2D eigenvalue weighted by Gasteiger charge is 2.20. The van der Waals surface area contributed by atoms with Gasteiger partial charge < -0.3 is 5.73 Å². The van der Waals surface area contributed by atoms with E-state index < -0.39 is 0 Å². The van der Waals surface area contributed by atoms with Gasteiger partial charge in [-0.3, -0.25) is 0 Å². The van der Waals surface area contributed by atoms with Crippen LogP contribution in [0.4, 0.5) is 4.39 Å². The molecule has 2 N–H and O–H groups in total. The Kier molecular flexibility index (Phi) is 4.27. The van der Waals surface area contributed by atoms with Crippen LogP contribution in [-0.4, -0.2) is 15.0 Å². The van der Waals surface area contributed by atoms with E-state index >= 15 is 0 Å². The second-order valence-corrected chi connectivity index (χ2v) is 4.53. The lowest BCUT2D eigenvalue weighted by atomic mass is 9.97. The van der Waals surface area contributed by atoms with Crippen molar-refractivity contribution in [3.63, 3.8) is 0 Å². The standard InChI is InChI=1S/C14H19FN4/c1-3-10(4-2)14-13(9-16)17-18-19(14)12-7-5-6-11(15)8-12/h5-8,10H,3-4,9,16H2,1-2H3. The van der Waals surface area contributed by atoms with E-state index in [2.05, 4.69) is 24.2 Å². The van der Waals surface area contributed by atoms with Gasteiger partial charge in [-0.05, 0) is 31.0 Å². The van der Waals surface area contributed by atoms with Gasteiger partial charge in [0.1, 0.15) is 11.5 Å². The molecule has 19 heavy (non-hydrogen) atoms. The van der Waals surface area contributed by atoms with Crippen molar-refractivity contribution in [3.8, 4) is 5.69 Å². The van der Waals surface area contributed by atoms with Gasteiger partial charge >= 0.3 is 0 Å². The molecule has 0 radical (unpaired) electrons. The summed E-state index contributed by atoms with van der Waals surface area (Å²) in [6.07, 6.45) is 1.96. The minimum Gasteiger partial charge on any atom is -0.325 e. The number of hydrogen-bond acceptors (Lipinski definition) is 3. The molecule has 0 amide bonds. The molecule has 0 aliphatic rings. The van der Waals surface area contributed by atoms with Crippen molar-refractivity contribution >= 4 is 0 Å². The summed E-state index contributed by atoms with van der Waals surface area (Å²) in [5.74, 6) is 0.0506. The fourth-order valence-electron chi connectivity index (χ4n) is 2.35. The molecule has 0 unspecified atom stereocenters. The highest BCUT2D eigenvalue weighted by atomic mass is 19.1. The van der Waals surface area contributed by atoms with E-state index in [0.29, 0.717) is 18.2 Å². The molecule has 1 aromatic carbocycles.